The van der Waals surface area contributed by atoms with Gasteiger partial charge in [0, 0.05) is 5.33 Å². The summed E-state index contributed by atoms with van der Waals surface area (Å²) in [5.74, 6) is 0.920. The molecule has 2 atom stereocenters. The molecule has 1 N–H and O–H groups in total. The van der Waals surface area contributed by atoms with Crippen molar-refractivity contribution in [2.45, 2.75) is 25.0 Å². The molecule has 1 aliphatic rings. The van der Waals surface area contributed by atoms with Gasteiger partial charge in [0.05, 0.1) is 0 Å². The number of hydrogen-bond acceptors (Lipinski definition) is 2. The molecule has 14 heavy (non-hydrogen) atoms. The lowest BCUT2D eigenvalue weighted by Crippen LogP contribution is -2.35. The van der Waals surface area contributed by atoms with Gasteiger partial charge >= 0.3 is 0 Å². The third kappa shape index (κ3) is 1.93. The maximum atomic E-state index is 9.64. The van der Waals surface area contributed by atoms with Crippen LogP contribution < -0.4 is 4.74 Å². The summed E-state index contributed by atoms with van der Waals surface area (Å²) >= 11 is 3.26. The van der Waals surface area contributed by atoms with Gasteiger partial charge in [0.25, 0.3) is 0 Å². The van der Waals surface area contributed by atoms with E-state index in [0.29, 0.717) is 5.33 Å². The molecule has 0 aromatic heterocycles. The molecule has 1 aromatic carbocycles. The zero-order valence-electron chi connectivity index (χ0n) is 7.82. The normalized spacial score (nSPS) is 22.3. The van der Waals surface area contributed by atoms with Crippen LogP contribution >= 0.6 is 15.9 Å². The van der Waals surface area contributed by atoms with Crippen LogP contribution in [0.5, 0.6) is 5.75 Å². The van der Waals surface area contributed by atoms with Gasteiger partial charge in [0.1, 0.15) is 18.0 Å². The Labute approximate surface area is 92.0 Å². The SMILES string of the molecule is OC(CBr)C1CCc2ccccc2O1. The number of aliphatic hydroxyl groups is 1. The Morgan fingerprint density at radius 3 is 3.07 bits per heavy atom. The summed E-state index contributed by atoms with van der Waals surface area (Å²) in [6.45, 7) is 0. The van der Waals surface area contributed by atoms with Crippen molar-refractivity contribution in [3.8, 4) is 5.75 Å². The average molecular weight is 257 g/mol. The van der Waals surface area contributed by atoms with Gasteiger partial charge in [0.15, 0.2) is 0 Å². The summed E-state index contributed by atoms with van der Waals surface area (Å²) in [5, 5.41) is 10.2. The predicted octanol–water partition coefficient (Wildman–Crippen LogP) is 2.14. The van der Waals surface area contributed by atoms with Gasteiger partial charge in [-0.1, -0.05) is 34.1 Å². The molecule has 1 aliphatic heterocycles. The fourth-order valence-electron chi connectivity index (χ4n) is 1.72. The van der Waals surface area contributed by atoms with Crippen LogP contribution in [0.25, 0.3) is 0 Å². The number of para-hydroxylation sites is 1. The average Bonchev–Trinajstić information content (AvgIpc) is 2.27. The van der Waals surface area contributed by atoms with Crippen LogP contribution in [0, 0.1) is 0 Å². The number of benzene rings is 1. The molecule has 76 valence electrons. The third-order valence-corrected chi connectivity index (χ3v) is 3.20. The first kappa shape index (κ1) is 9.99. The van der Waals surface area contributed by atoms with Gasteiger partial charge in [-0.15, -0.1) is 0 Å². The first-order valence-electron chi connectivity index (χ1n) is 4.80. The molecule has 0 radical (unpaired) electrons. The summed E-state index contributed by atoms with van der Waals surface area (Å²) < 4.78 is 5.70. The molecule has 0 aliphatic carbocycles. The number of ether oxygens (including phenoxy) is 1. The highest BCUT2D eigenvalue weighted by atomic mass is 79.9. The van der Waals surface area contributed by atoms with Crippen LogP contribution in [0.3, 0.4) is 0 Å². The second kappa shape index (κ2) is 4.32. The minimum Gasteiger partial charge on any atom is -0.487 e. The molecule has 0 amide bonds. The molecule has 0 saturated heterocycles. The van der Waals surface area contributed by atoms with Crippen molar-refractivity contribution < 1.29 is 9.84 Å². The highest BCUT2D eigenvalue weighted by Gasteiger charge is 2.24. The molecule has 2 unspecified atom stereocenters. The number of aliphatic hydroxyl groups excluding tert-OH is 1. The Kier molecular flexibility index (Phi) is 3.08. The van der Waals surface area contributed by atoms with Gasteiger partial charge in [0.2, 0.25) is 0 Å². The summed E-state index contributed by atoms with van der Waals surface area (Å²) in [4.78, 5) is 0. The highest BCUT2D eigenvalue weighted by Crippen LogP contribution is 2.28. The standard InChI is InChI=1S/C11H13BrO2/c12-7-9(13)11-6-5-8-3-1-2-4-10(8)14-11/h1-4,9,11,13H,5-7H2. The van der Waals surface area contributed by atoms with Crippen LogP contribution in [0.2, 0.25) is 0 Å². The molecule has 1 heterocycles. The second-order valence-corrected chi connectivity index (χ2v) is 4.17. The predicted molar refractivity (Wildman–Crippen MR) is 59.0 cm³/mol. The molecule has 0 bridgehead atoms. The van der Waals surface area contributed by atoms with Crippen LogP contribution in [-0.2, 0) is 6.42 Å². The lowest BCUT2D eigenvalue weighted by molar-refractivity contribution is 0.0393. The molecule has 0 fully saturated rings. The lowest BCUT2D eigenvalue weighted by Gasteiger charge is -2.28. The second-order valence-electron chi connectivity index (χ2n) is 3.52. The Balaban J connectivity index is 2.13. The number of alkyl halides is 1. The zero-order chi connectivity index (χ0) is 9.97. The lowest BCUT2D eigenvalue weighted by atomic mass is 10.00. The molecule has 2 nitrogen and oxygen atoms in total. The highest BCUT2D eigenvalue weighted by molar-refractivity contribution is 9.09. The summed E-state index contributed by atoms with van der Waals surface area (Å²) in [5.41, 5.74) is 1.24. The maximum Gasteiger partial charge on any atom is 0.126 e. The molecule has 2 rings (SSSR count). The van der Waals surface area contributed by atoms with Crippen molar-refractivity contribution >= 4 is 15.9 Å². The van der Waals surface area contributed by atoms with E-state index in [-0.39, 0.29) is 6.10 Å². The Morgan fingerprint density at radius 2 is 2.29 bits per heavy atom. The van der Waals surface area contributed by atoms with Crippen molar-refractivity contribution in [1.82, 2.24) is 0 Å². The minimum absolute atomic E-state index is 0.0655. The van der Waals surface area contributed by atoms with Crippen LogP contribution in [0.15, 0.2) is 24.3 Å². The monoisotopic (exact) mass is 256 g/mol. The number of rotatable bonds is 2. The Bertz CT molecular complexity index is 314. The van der Waals surface area contributed by atoms with Gasteiger partial charge in [-0.25, -0.2) is 0 Å². The topological polar surface area (TPSA) is 29.5 Å². The van der Waals surface area contributed by atoms with E-state index in [1.807, 2.05) is 18.2 Å². The molecular weight excluding hydrogens is 244 g/mol. The van der Waals surface area contributed by atoms with Crippen molar-refractivity contribution in [3.05, 3.63) is 29.8 Å². The zero-order valence-corrected chi connectivity index (χ0v) is 9.40. The smallest absolute Gasteiger partial charge is 0.126 e. The van der Waals surface area contributed by atoms with Crippen molar-refractivity contribution in [2.24, 2.45) is 0 Å². The van der Waals surface area contributed by atoms with Crippen molar-refractivity contribution in [1.29, 1.82) is 0 Å². The summed E-state index contributed by atoms with van der Waals surface area (Å²) in [6, 6.07) is 8.01. The summed E-state index contributed by atoms with van der Waals surface area (Å²) in [6.07, 6.45) is 1.40. The fraction of sp³-hybridized carbons (Fsp3) is 0.455. The fourth-order valence-corrected chi connectivity index (χ4v) is 2.13. The molecule has 0 spiro atoms. The maximum absolute atomic E-state index is 9.64. The van der Waals surface area contributed by atoms with Gasteiger partial charge in [-0.2, -0.15) is 0 Å². The first-order valence-corrected chi connectivity index (χ1v) is 5.92. The van der Waals surface area contributed by atoms with E-state index in [9.17, 15) is 5.11 Å². The number of hydrogen-bond donors (Lipinski definition) is 1. The van der Waals surface area contributed by atoms with E-state index < -0.39 is 6.10 Å². The van der Waals surface area contributed by atoms with Crippen molar-refractivity contribution in [2.75, 3.05) is 5.33 Å². The molecule has 0 saturated carbocycles. The number of halogens is 1. The van der Waals surface area contributed by atoms with E-state index in [1.165, 1.54) is 5.56 Å². The Morgan fingerprint density at radius 1 is 1.50 bits per heavy atom. The van der Waals surface area contributed by atoms with Crippen molar-refractivity contribution in [3.63, 3.8) is 0 Å². The number of aryl methyl sites for hydroxylation is 1. The van der Waals surface area contributed by atoms with E-state index in [0.717, 1.165) is 18.6 Å². The van der Waals surface area contributed by atoms with E-state index in [4.69, 9.17) is 4.74 Å². The van der Waals surface area contributed by atoms with Gasteiger partial charge < -0.3 is 9.84 Å². The van der Waals surface area contributed by atoms with Gasteiger partial charge in [-0.3, -0.25) is 0 Å². The molecule has 3 heteroatoms. The van der Waals surface area contributed by atoms with E-state index in [1.54, 1.807) is 0 Å². The van der Waals surface area contributed by atoms with Gasteiger partial charge in [-0.05, 0) is 24.5 Å². The van der Waals surface area contributed by atoms with E-state index >= 15 is 0 Å². The first-order chi connectivity index (χ1) is 6.81. The van der Waals surface area contributed by atoms with E-state index in [2.05, 4.69) is 22.0 Å². The third-order valence-electron chi connectivity index (χ3n) is 2.54. The number of fused-ring (bicyclic) bond motifs is 1. The largest absolute Gasteiger partial charge is 0.487 e. The Hall–Kier alpha value is -0.540. The molecule has 1 aromatic rings. The molecular formula is C11H13BrO2. The van der Waals surface area contributed by atoms with Crippen LogP contribution in [-0.4, -0.2) is 22.6 Å². The van der Waals surface area contributed by atoms with Crippen LogP contribution in [0.1, 0.15) is 12.0 Å². The minimum atomic E-state index is -0.414. The quantitative estimate of drug-likeness (QED) is 0.822. The summed E-state index contributed by atoms with van der Waals surface area (Å²) in [7, 11) is 0. The van der Waals surface area contributed by atoms with Crippen LogP contribution in [0.4, 0.5) is 0 Å².